The molecule has 1 N–H and O–H groups in total. The minimum Gasteiger partial charge on any atom is -0.492 e. The van der Waals surface area contributed by atoms with E-state index in [1.54, 1.807) is 6.20 Å². The Kier molecular flexibility index (Phi) is 6.57. The molecule has 106 valence electrons. The summed E-state index contributed by atoms with van der Waals surface area (Å²) < 4.78 is 5.56. The molecule has 0 saturated heterocycles. The molecule has 0 radical (unpaired) electrons. The highest BCUT2D eigenvalue weighted by Gasteiger charge is 2.06. The lowest BCUT2D eigenvalue weighted by Crippen LogP contribution is -2.36. The van der Waals surface area contributed by atoms with E-state index in [-0.39, 0.29) is 5.54 Å². The van der Waals surface area contributed by atoms with E-state index in [0.717, 1.165) is 37.3 Å². The van der Waals surface area contributed by atoms with Gasteiger partial charge < -0.3 is 10.1 Å². The highest BCUT2D eigenvalue weighted by Crippen LogP contribution is 2.12. The van der Waals surface area contributed by atoms with E-state index in [4.69, 9.17) is 4.74 Å². The molecule has 0 fully saturated rings. The van der Waals surface area contributed by atoms with Gasteiger partial charge >= 0.3 is 0 Å². The van der Waals surface area contributed by atoms with Crippen LogP contribution >= 0.6 is 0 Å². The maximum atomic E-state index is 5.56. The minimum absolute atomic E-state index is 0.184. The molecule has 3 heteroatoms. The molecule has 0 bridgehead atoms. The van der Waals surface area contributed by atoms with E-state index in [0.29, 0.717) is 0 Å². The molecule has 0 atom stereocenters. The predicted octanol–water partition coefficient (Wildman–Crippen LogP) is 3.66. The standard InChI is InChI=1S/C16H26N2O/c1-5-10-19-15-11-14(12-17-13-15)8-6-7-9-18-16(2,3)4/h6,8,11-13,18H,5,7,9-10H2,1-4H3/b8-6+. The number of rotatable bonds is 7. The lowest BCUT2D eigenvalue weighted by molar-refractivity contribution is 0.316. The molecule has 19 heavy (non-hydrogen) atoms. The van der Waals surface area contributed by atoms with Crippen LogP contribution in [0.15, 0.2) is 24.5 Å². The van der Waals surface area contributed by atoms with Crippen molar-refractivity contribution in [2.75, 3.05) is 13.2 Å². The molecule has 0 aliphatic carbocycles. The van der Waals surface area contributed by atoms with Gasteiger partial charge in [0.1, 0.15) is 5.75 Å². The lowest BCUT2D eigenvalue weighted by Gasteiger charge is -2.19. The SMILES string of the molecule is CCCOc1cncc(/C=C/CCNC(C)(C)C)c1. The molecule has 0 spiro atoms. The van der Waals surface area contributed by atoms with Crippen LogP contribution in [0.5, 0.6) is 5.75 Å². The van der Waals surface area contributed by atoms with Crippen molar-refractivity contribution in [1.82, 2.24) is 10.3 Å². The van der Waals surface area contributed by atoms with Gasteiger partial charge in [-0.25, -0.2) is 0 Å². The molecule has 0 aromatic carbocycles. The Labute approximate surface area is 117 Å². The van der Waals surface area contributed by atoms with Crippen molar-refractivity contribution in [1.29, 1.82) is 0 Å². The summed E-state index contributed by atoms with van der Waals surface area (Å²) in [6.07, 6.45) is 9.89. The third-order valence-corrected chi connectivity index (χ3v) is 2.48. The van der Waals surface area contributed by atoms with Gasteiger partial charge in [-0.1, -0.05) is 19.1 Å². The fourth-order valence-corrected chi connectivity index (χ4v) is 1.58. The van der Waals surface area contributed by atoms with Gasteiger partial charge in [-0.05, 0) is 51.8 Å². The summed E-state index contributed by atoms with van der Waals surface area (Å²) >= 11 is 0. The largest absolute Gasteiger partial charge is 0.492 e. The van der Waals surface area contributed by atoms with Crippen LogP contribution in [0.4, 0.5) is 0 Å². The zero-order valence-electron chi connectivity index (χ0n) is 12.6. The fourth-order valence-electron chi connectivity index (χ4n) is 1.58. The van der Waals surface area contributed by atoms with Crippen LogP contribution in [-0.2, 0) is 0 Å². The van der Waals surface area contributed by atoms with Crippen molar-refractivity contribution >= 4 is 6.08 Å². The van der Waals surface area contributed by atoms with E-state index >= 15 is 0 Å². The van der Waals surface area contributed by atoms with Gasteiger partial charge in [0.15, 0.2) is 0 Å². The highest BCUT2D eigenvalue weighted by molar-refractivity contribution is 5.49. The molecular formula is C16H26N2O. The van der Waals surface area contributed by atoms with Crippen LogP contribution in [0, 0.1) is 0 Å². The quantitative estimate of drug-likeness (QED) is 0.761. The van der Waals surface area contributed by atoms with Crippen LogP contribution < -0.4 is 10.1 Å². The molecule has 1 heterocycles. The molecule has 0 aliphatic rings. The van der Waals surface area contributed by atoms with Crippen molar-refractivity contribution in [3.8, 4) is 5.75 Å². The molecule has 1 aromatic heterocycles. The summed E-state index contributed by atoms with van der Waals surface area (Å²) in [5.74, 6) is 0.844. The number of hydrogen-bond donors (Lipinski definition) is 1. The summed E-state index contributed by atoms with van der Waals surface area (Å²) in [5.41, 5.74) is 1.27. The van der Waals surface area contributed by atoms with E-state index < -0.39 is 0 Å². The zero-order valence-corrected chi connectivity index (χ0v) is 12.6. The summed E-state index contributed by atoms with van der Waals surface area (Å²) in [4.78, 5) is 4.18. The predicted molar refractivity (Wildman–Crippen MR) is 81.4 cm³/mol. The third kappa shape index (κ3) is 7.62. The van der Waals surface area contributed by atoms with Crippen molar-refractivity contribution in [3.63, 3.8) is 0 Å². The number of hydrogen-bond acceptors (Lipinski definition) is 3. The van der Waals surface area contributed by atoms with Crippen molar-refractivity contribution in [2.24, 2.45) is 0 Å². The molecule has 3 nitrogen and oxygen atoms in total. The number of aromatic nitrogens is 1. The Bertz CT molecular complexity index is 394. The first-order chi connectivity index (χ1) is 9.01. The number of nitrogens with one attached hydrogen (secondary N) is 1. The Morgan fingerprint density at radius 2 is 2.11 bits per heavy atom. The summed E-state index contributed by atoms with van der Waals surface area (Å²) in [6.45, 7) is 10.3. The second kappa shape index (κ2) is 7.95. The Hall–Kier alpha value is -1.35. The average Bonchev–Trinajstić information content (AvgIpc) is 2.35. The molecule has 1 aromatic rings. The normalized spacial score (nSPS) is 12.0. The summed E-state index contributed by atoms with van der Waals surface area (Å²) in [7, 11) is 0. The highest BCUT2D eigenvalue weighted by atomic mass is 16.5. The topological polar surface area (TPSA) is 34.1 Å². The van der Waals surface area contributed by atoms with Gasteiger partial charge in [-0.15, -0.1) is 0 Å². The minimum atomic E-state index is 0.184. The van der Waals surface area contributed by atoms with Gasteiger partial charge in [0.25, 0.3) is 0 Å². The van der Waals surface area contributed by atoms with E-state index in [1.165, 1.54) is 0 Å². The fraction of sp³-hybridized carbons (Fsp3) is 0.562. The smallest absolute Gasteiger partial charge is 0.138 e. The van der Waals surface area contributed by atoms with Crippen LogP contribution in [0.1, 0.15) is 46.1 Å². The summed E-state index contributed by atoms with van der Waals surface area (Å²) in [6, 6.07) is 2.02. The first-order valence-electron chi connectivity index (χ1n) is 7.00. The van der Waals surface area contributed by atoms with Crippen molar-refractivity contribution < 1.29 is 4.74 Å². The number of pyridine rings is 1. The van der Waals surface area contributed by atoms with Crippen LogP contribution in [0.3, 0.4) is 0 Å². The first kappa shape index (κ1) is 15.7. The van der Waals surface area contributed by atoms with Crippen molar-refractivity contribution in [2.45, 2.75) is 46.1 Å². The molecule has 0 saturated carbocycles. The zero-order chi connectivity index (χ0) is 14.1. The van der Waals surface area contributed by atoms with E-state index in [2.05, 4.69) is 50.1 Å². The number of nitrogens with zero attached hydrogens (tertiary/aromatic N) is 1. The number of ether oxygens (including phenoxy) is 1. The van der Waals surface area contributed by atoms with Gasteiger partial charge in [0.05, 0.1) is 12.8 Å². The maximum absolute atomic E-state index is 5.56. The van der Waals surface area contributed by atoms with Crippen LogP contribution in [0.25, 0.3) is 6.08 Å². The van der Waals surface area contributed by atoms with Crippen LogP contribution in [-0.4, -0.2) is 23.7 Å². The Morgan fingerprint density at radius 3 is 2.79 bits per heavy atom. The molecule has 0 unspecified atom stereocenters. The maximum Gasteiger partial charge on any atom is 0.138 e. The second-order valence-corrected chi connectivity index (χ2v) is 5.67. The van der Waals surface area contributed by atoms with Crippen LogP contribution in [0.2, 0.25) is 0 Å². The second-order valence-electron chi connectivity index (χ2n) is 5.67. The van der Waals surface area contributed by atoms with Gasteiger partial charge in [0.2, 0.25) is 0 Å². The molecule has 0 amide bonds. The first-order valence-corrected chi connectivity index (χ1v) is 7.00. The summed E-state index contributed by atoms with van der Waals surface area (Å²) in [5, 5.41) is 3.46. The Balaban J connectivity index is 2.39. The van der Waals surface area contributed by atoms with Gasteiger partial charge in [-0.2, -0.15) is 0 Å². The lowest BCUT2D eigenvalue weighted by atomic mass is 10.1. The Morgan fingerprint density at radius 1 is 1.32 bits per heavy atom. The third-order valence-electron chi connectivity index (χ3n) is 2.48. The average molecular weight is 262 g/mol. The molecule has 1 rings (SSSR count). The van der Waals surface area contributed by atoms with Crippen molar-refractivity contribution in [3.05, 3.63) is 30.1 Å². The molecular weight excluding hydrogens is 236 g/mol. The van der Waals surface area contributed by atoms with E-state index in [1.807, 2.05) is 12.3 Å². The van der Waals surface area contributed by atoms with Gasteiger partial charge in [0, 0.05) is 11.7 Å². The van der Waals surface area contributed by atoms with Gasteiger partial charge in [-0.3, -0.25) is 4.98 Å². The molecule has 0 aliphatic heterocycles. The van der Waals surface area contributed by atoms with E-state index in [9.17, 15) is 0 Å². The monoisotopic (exact) mass is 262 g/mol.